The first-order chi connectivity index (χ1) is 6.33. The third-order valence-corrected chi connectivity index (χ3v) is 3.06. The molecule has 0 aliphatic heterocycles. The summed E-state index contributed by atoms with van der Waals surface area (Å²) in [4.78, 5) is 0. The predicted molar refractivity (Wildman–Crippen MR) is 57.0 cm³/mol. The molecule has 0 nitrogen and oxygen atoms in total. The molecule has 0 saturated heterocycles. The van der Waals surface area contributed by atoms with Crippen LogP contribution in [0.1, 0.15) is 42.7 Å². The molecule has 0 fully saturated rings. The highest BCUT2D eigenvalue weighted by molar-refractivity contribution is 5.38. The number of allylic oxidation sites excluding steroid dienone is 1. The first-order valence-electron chi connectivity index (χ1n) is 5.02. The molecule has 0 aromatic heterocycles. The number of hydrogen-bond donors (Lipinski definition) is 0. The van der Waals surface area contributed by atoms with Crippen molar-refractivity contribution in [1.82, 2.24) is 0 Å². The molecule has 0 heteroatoms. The molecular formula is C13H16. The van der Waals surface area contributed by atoms with Gasteiger partial charge in [-0.25, -0.2) is 0 Å². The van der Waals surface area contributed by atoms with Gasteiger partial charge in [0.05, 0.1) is 0 Å². The molecule has 0 saturated carbocycles. The van der Waals surface area contributed by atoms with Crippen LogP contribution in [0.3, 0.4) is 0 Å². The van der Waals surface area contributed by atoms with Crippen molar-refractivity contribution in [3.05, 3.63) is 48.0 Å². The van der Waals surface area contributed by atoms with Crippen molar-refractivity contribution in [2.24, 2.45) is 0 Å². The molecule has 0 heterocycles. The van der Waals surface area contributed by atoms with Gasteiger partial charge in [0.1, 0.15) is 0 Å². The Labute approximate surface area is 80.3 Å². The van der Waals surface area contributed by atoms with Crippen molar-refractivity contribution in [3.63, 3.8) is 0 Å². The molecular weight excluding hydrogens is 156 g/mol. The van der Waals surface area contributed by atoms with Gasteiger partial charge in [0.25, 0.3) is 0 Å². The summed E-state index contributed by atoms with van der Waals surface area (Å²) < 4.78 is 0. The van der Waals surface area contributed by atoms with E-state index in [0.29, 0.717) is 0 Å². The second-order valence-corrected chi connectivity index (χ2v) is 3.99. The summed E-state index contributed by atoms with van der Waals surface area (Å²) in [5, 5.41) is 0. The van der Waals surface area contributed by atoms with E-state index in [1.807, 2.05) is 6.08 Å². The maximum absolute atomic E-state index is 3.82. The lowest BCUT2D eigenvalue weighted by atomic mass is 9.98. The number of hydrogen-bond acceptors (Lipinski definition) is 0. The van der Waals surface area contributed by atoms with Crippen LogP contribution in [0.2, 0.25) is 0 Å². The molecule has 68 valence electrons. The molecule has 0 spiro atoms. The second-order valence-electron chi connectivity index (χ2n) is 3.99. The van der Waals surface area contributed by atoms with Gasteiger partial charge in [-0.05, 0) is 35.8 Å². The van der Waals surface area contributed by atoms with Crippen LogP contribution in [0.25, 0.3) is 0 Å². The van der Waals surface area contributed by atoms with Crippen molar-refractivity contribution in [1.29, 1.82) is 0 Å². The Bertz CT molecular complexity index is 312. The van der Waals surface area contributed by atoms with Crippen LogP contribution >= 0.6 is 0 Å². The fourth-order valence-corrected chi connectivity index (χ4v) is 2.44. The summed E-state index contributed by atoms with van der Waals surface area (Å²) in [7, 11) is 0. The van der Waals surface area contributed by atoms with Gasteiger partial charge in [-0.2, -0.15) is 0 Å². The van der Waals surface area contributed by atoms with Crippen LogP contribution in [0, 0.1) is 0 Å². The minimum atomic E-state index is 0.726. The standard InChI is InChI=1S/C13H16/c1-3-6-11-9-10(2)12-7-4-5-8-13(11)12/h3-5,7-8,10-11H,1,6,9H2,2H3/t10-,11-/m0/s1. The maximum atomic E-state index is 3.82. The maximum Gasteiger partial charge on any atom is -0.0119 e. The molecule has 2 rings (SSSR count). The summed E-state index contributed by atoms with van der Waals surface area (Å²) >= 11 is 0. The third-order valence-electron chi connectivity index (χ3n) is 3.06. The van der Waals surface area contributed by atoms with Crippen LogP contribution in [0.15, 0.2) is 36.9 Å². The second kappa shape index (κ2) is 3.37. The number of rotatable bonds is 2. The smallest absolute Gasteiger partial charge is 0.0119 e. The average molecular weight is 172 g/mol. The Kier molecular flexibility index (Phi) is 2.22. The van der Waals surface area contributed by atoms with E-state index in [9.17, 15) is 0 Å². The van der Waals surface area contributed by atoms with E-state index in [-0.39, 0.29) is 0 Å². The highest BCUT2D eigenvalue weighted by Crippen LogP contribution is 2.42. The van der Waals surface area contributed by atoms with Crippen LogP contribution in [-0.4, -0.2) is 0 Å². The number of benzene rings is 1. The van der Waals surface area contributed by atoms with Crippen LogP contribution in [-0.2, 0) is 0 Å². The lowest BCUT2D eigenvalue weighted by molar-refractivity contribution is 0.625. The van der Waals surface area contributed by atoms with E-state index in [0.717, 1.165) is 18.3 Å². The predicted octanol–water partition coefficient (Wildman–Crippen LogP) is 3.85. The molecule has 1 aromatic rings. The summed E-state index contributed by atoms with van der Waals surface area (Å²) in [6, 6.07) is 8.83. The van der Waals surface area contributed by atoms with E-state index in [1.165, 1.54) is 6.42 Å². The lowest BCUT2D eigenvalue weighted by Gasteiger charge is -2.07. The van der Waals surface area contributed by atoms with Gasteiger partial charge in [0, 0.05) is 0 Å². The molecule has 13 heavy (non-hydrogen) atoms. The van der Waals surface area contributed by atoms with E-state index in [4.69, 9.17) is 0 Å². The summed E-state index contributed by atoms with van der Waals surface area (Å²) in [5.74, 6) is 1.46. The average Bonchev–Trinajstić information content (AvgIpc) is 2.46. The first kappa shape index (κ1) is 8.55. The van der Waals surface area contributed by atoms with Crippen LogP contribution in [0.5, 0.6) is 0 Å². The van der Waals surface area contributed by atoms with Gasteiger partial charge in [0.15, 0.2) is 0 Å². The molecule has 1 aliphatic rings. The SMILES string of the molecule is C=CC[C@H]1C[C@H](C)c2ccccc21. The summed E-state index contributed by atoms with van der Waals surface area (Å²) in [5.41, 5.74) is 3.10. The fourth-order valence-electron chi connectivity index (χ4n) is 2.44. The van der Waals surface area contributed by atoms with Gasteiger partial charge < -0.3 is 0 Å². The molecule has 0 bridgehead atoms. The fraction of sp³-hybridized carbons (Fsp3) is 0.385. The molecule has 0 amide bonds. The Hall–Kier alpha value is -1.04. The van der Waals surface area contributed by atoms with Crippen LogP contribution < -0.4 is 0 Å². The summed E-state index contributed by atoms with van der Waals surface area (Å²) in [6.07, 6.45) is 4.46. The third kappa shape index (κ3) is 1.41. The van der Waals surface area contributed by atoms with Crippen molar-refractivity contribution < 1.29 is 0 Å². The Morgan fingerprint density at radius 2 is 2.08 bits per heavy atom. The van der Waals surface area contributed by atoms with E-state index < -0.39 is 0 Å². The van der Waals surface area contributed by atoms with E-state index in [2.05, 4.69) is 37.8 Å². The molecule has 0 radical (unpaired) electrons. The highest BCUT2D eigenvalue weighted by Gasteiger charge is 2.26. The zero-order valence-corrected chi connectivity index (χ0v) is 8.16. The minimum Gasteiger partial charge on any atom is -0.103 e. The normalized spacial score (nSPS) is 25.6. The van der Waals surface area contributed by atoms with Crippen molar-refractivity contribution in [3.8, 4) is 0 Å². The van der Waals surface area contributed by atoms with Crippen molar-refractivity contribution >= 4 is 0 Å². The first-order valence-corrected chi connectivity index (χ1v) is 5.02. The number of fused-ring (bicyclic) bond motifs is 1. The van der Waals surface area contributed by atoms with E-state index >= 15 is 0 Å². The van der Waals surface area contributed by atoms with Crippen LogP contribution in [0.4, 0.5) is 0 Å². The monoisotopic (exact) mass is 172 g/mol. The van der Waals surface area contributed by atoms with Gasteiger partial charge in [-0.3, -0.25) is 0 Å². The lowest BCUT2D eigenvalue weighted by Crippen LogP contribution is -1.90. The Morgan fingerprint density at radius 3 is 2.77 bits per heavy atom. The molecule has 0 N–H and O–H groups in total. The minimum absolute atomic E-state index is 0.726. The van der Waals surface area contributed by atoms with Gasteiger partial charge in [0.2, 0.25) is 0 Å². The summed E-state index contributed by atoms with van der Waals surface area (Å²) in [6.45, 7) is 6.14. The zero-order chi connectivity index (χ0) is 9.26. The molecule has 2 atom stereocenters. The molecule has 1 aromatic carbocycles. The van der Waals surface area contributed by atoms with Crippen molar-refractivity contribution in [2.45, 2.75) is 31.6 Å². The quantitative estimate of drug-likeness (QED) is 0.594. The van der Waals surface area contributed by atoms with Gasteiger partial charge in [-0.15, -0.1) is 6.58 Å². The largest absolute Gasteiger partial charge is 0.103 e. The van der Waals surface area contributed by atoms with Gasteiger partial charge in [-0.1, -0.05) is 37.3 Å². The Balaban J connectivity index is 2.35. The van der Waals surface area contributed by atoms with Gasteiger partial charge >= 0.3 is 0 Å². The zero-order valence-electron chi connectivity index (χ0n) is 8.16. The highest BCUT2D eigenvalue weighted by atomic mass is 14.3. The van der Waals surface area contributed by atoms with Crippen molar-refractivity contribution in [2.75, 3.05) is 0 Å². The topological polar surface area (TPSA) is 0 Å². The molecule has 1 aliphatic carbocycles. The Morgan fingerprint density at radius 1 is 1.38 bits per heavy atom. The van der Waals surface area contributed by atoms with E-state index in [1.54, 1.807) is 11.1 Å². The molecule has 0 unspecified atom stereocenters.